The van der Waals surface area contributed by atoms with Gasteiger partial charge in [0.15, 0.2) is 0 Å². The third-order valence-corrected chi connectivity index (χ3v) is 6.34. The molecule has 1 aromatic carbocycles. The molecule has 0 amide bonds. The second kappa shape index (κ2) is 6.81. The van der Waals surface area contributed by atoms with Crippen LogP contribution in [0.5, 0.6) is 0 Å². The van der Waals surface area contributed by atoms with Gasteiger partial charge in [-0.05, 0) is 36.6 Å². The maximum Gasteiger partial charge on any atom is 0.240 e. The summed E-state index contributed by atoms with van der Waals surface area (Å²) in [6, 6.07) is 8.16. The first-order valence-corrected chi connectivity index (χ1v) is 9.75. The molecule has 2 heterocycles. The standard InChI is InChI=1S/C17H23N3O3S/c1-12(2)17-10-20-9-14(7-15(20)11-23-17)19-24(21,22)16-5-3-13(8-18)4-6-16/h3-6,12,14-15,17,19H,7,9-11H2,1-2H3/t14-,15+,17-/m1/s1. The van der Waals surface area contributed by atoms with Crippen molar-refractivity contribution >= 4 is 10.0 Å². The summed E-state index contributed by atoms with van der Waals surface area (Å²) in [7, 11) is -3.57. The minimum absolute atomic E-state index is 0.106. The zero-order valence-corrected chi connectivity index (χ0v) is 14.8. The molecule has 3 rings (SSSR count). The zero-order valence-electron chi connectivity index (χ0n) is 14.0. The Labute approximate surface area is 143 Å². The lowest BCUT2D eigenvalue weighted by atomic mass is 10.0. The van der Waals surface area contributed by atoms with Crippen molar-refractivity contribution in [3.8, 4) is 6.07 Å². The Morgan fingerprint density at radius 1 is 1.29 bits per heavy atom. The molecular weight excluding hydrogens is 326 g/mol. The molecule has 0 aromatic heterocycles. The van der Waals surface area contributed by atoms with Gasteiger partial charge in [-0.25, -0.2) is 13.1 Å². The van der Waals surface area contributed by atoms with E-state index in [0.717, 1.165) is 13.0 Å². The minimum Gasteiger partial charge on any atom is -0.375 e. The highest BCUT2D eigenvalue weighted by Gasteiger charge is 2.39. The Balaban J connectivity index is 1.65. The Hall–Kier alpha value is -1.46. The summed E-state index contributed by atoms with van der Waals surface area (Å²) >= 11 is 0. The van der Waals surface area contributed by atoms with Crippen molar-refractivity contribution in [1.82, 2.24) is 9.62 Å². The Kier molecular flexibility index (Phi) is 4.92. The number of nitriles is 1. The van der Waals surface area contributed by atoms with Gasteiger partial charge in [0, 0.05) is 25.2 Å². The van der Waals surface area contributed by atoms with E-state index >= 15 is 0 Å². The molecule has 3 atom stereocenters. The van der Waals surface area contributed by atoms with Crippen LogP contribution in [0.15, 0.2) is 29.2 Å². The summed E-state index contributed by atoms with van der Waals surface area (Å²) in [4.78, 5) is 2.53. The molecule has 0 spiro atoms. The molecular formula is C17H23N3O3S. The largest absolute Gasteiger partial charge is 0.375 e. The molecule has 2 aliphatic heterocycles. The number of benzene rings is 1. The first kappa shape index (κ1) is 17.4. The van der Waals surface area contributed by atoms with Gasteiger partial charge in [-0.15, -0.1) is 0 Å². The summed E-state index contributed by atoms with van der Waals surface area (Å²) < 4.78 is 33.7. The first-order chi connectivity index (χ1) is 11.4. The van der Waals surface area contributed by atoms with Crippen LogP contribution in [0.4, 0.5) is 0 Å². The topological polar surface area (TPSA) is 82.4 Å². The van der Waals surface area contributed by atoms with Gasteiger partial charge in [0.1, 0.15) is 0 Å². The molecule has 0 radical (unpaired) electrons. The van der Waals surface area contributed by atoms with E-state index in [1.54, 1.807) is 0 Å². The van der Waals surface area contributed by atoms with Gasteiger partial charge in [-0.1, -0.05) is 13.8 Å². The average Bonchev–Trinajstić information content (AvgIpc) is 2.95. The number of nitrogens with zero attached hydrogens (tertiary/aromatic N) is 2. The highest BCUT2D eigenvalue weighted by Crippen LogP contribution is 2.26. The lowest BCUT2D eigenvalue weighted by Gasteiger charge is -2.36. The number of morpholine rings is 1. The molecule has 2 fully saturated rings. The van der Waals surface area contributed by atoms with Crippen molar-refractivity contribution in [3.63, 3.8) is 0 Å². The summed E-state index contributed by atoms with van der Waals surface area (Å²) in [5.41, 5.74) is 0.448. The van der Waals surface area contributed by atoms with E-state index in [1.165, 1.54) is 24.3 Å². The second-order valence-corrected chi connectivity index (χ2v) is 8.63. The predicted molar refractivity (Wildman–Crippen MR) is 89.8 cm³/mol. The van der Waals surface area contributed by atoms with Crippen LogP contribution in [-0.2, 0) is 14.8 Å². The Bertz CT molecular complexity index is 724. The van der Waals surface area contributed by atoms with E-state index in [9.17, 15) is 8.42 Å². The third-order valence-electron chi connectivity index (χ3n) is 4.80. The van der Waals surface area contributed by atoms with Crippen LogP contribution in [0.2, 0.25) is 0 Å². The van der Waals surface area contributed by atoms with E-state index in [2.05, 4.69) is 23.5 Å². The molecule has 0 unspecified atom stereocenters. The van der Waals surface area contributed by atoms with Gasteiger partial charge in [-0.3, -0.25) is 4.90 Å². The fourth-order valence-corrected chi connectivity index (χ4v) is 4.62. The van der Waals surface area contributed by atoms with E-state index in [1.807, 2.05) is 6.07 Å². The molecule has 6 nitrogen and oxygen atoms in total. The molecule has 0 bridgehead atoms. The highest BCUT2D eigenvalue weighted by atomic mass is 32.2. The molecule has 2 aliphatic rings. The molecule has 1 N–H and O–H groups in total. The molecule has 2 saturated heterocycles. The maximum atomic E-state index is 12.5. The van der Waals surface area contributed by atoms with E-state index in [0.29, 0.717) is 24.6 Å². The van der Waals surface area contributed by atoms with Gasteiger partial charge in [0.05, 0.1) is 29.2 Å². The van der Waals surface area contributed by atoms with Gasteiger partial charge in [0.25, 0.3) is 0 Å². The Morgan fingerprint density at radius 2 is 2.00 bits per heavy atom. The third kappa shape index (κ3) is 3.62. The lowest BCUT2D eigenvalue weighted by molar-refractivity contribution is -0.0683. The molecule has 0 saturated carbocycles. The van der Waals surface area contributed by atoms with Crippen LogP contribution in [0.25, 0.3) is 0 Å². The van der Waals surface area contributed by atoms with Crippen LogP contribution in [0.1, 0.15) is 25.8 Å². The number of nitrogens with one attached hydrogen (secondary N) is 1. The van der Waals surface area contributed by atoms with Gasteiger partial charge >= 0.3 is 0 Å². The summed E-state index contributed by atoms with van der Waals surface area (Å²) in [5, 5.41) is 8.81. The fraction of sp³-hybridized carbons (Fsp3) is 0.588. The smallest absolute Gasteiger partial charge is 0.240 e. The zero-order chi connectivity index (χ0) is 17.3. The highest BCUT2D eigenvalue weighted by molar-refractivity contribution is 7.89. The Morgan fingerprint density at radius 3 is 2.62 bits per heavy atom. The van der Waals surface area contributed by atoms with Crippen molar-refractivity contribution in [3.05, 3.63) is 29.8 Å². The normalized spacial score (nSPS) is 27.8. The van der Waals surface area contributed by atoms with Gasteiger partial charge < -0.3 is 4.74 Å². The van der Waals surface area contributed by atoms with E-state index in [4.69, 9.17) is 10.00 Å². The van der Waals surface area contributed by atoms with Crippen LogP contribution in [-0.4, -0.2) is 51.2 Å². The first-order valence-electron chi connectivity index (χ1n) is 8.27. The molecule has 130 valence electrons. The van der Waals surface area contributed by atoms with Crippen LogP contribution >= 0.6 is 0 Å². The summed E-state index contributed by atoms with van der Waals surface area (Å²) in [6.45, 7) is 6.53. The van der Waals surface area contributed by atoms with Crippen molar-refractivity contribution in [2.75, 3.05) is 19.7 Å². The lowest BCUT2D eigenvalue weighted by Crippen LogP contribution is -2.48. The van der Waals surface area contributed by atoms with E-state index in [-0.39, 0.29) is 23.1 Å². The fourth-order valence-electron chi connectivity index (χ4n) is 3.38. The monoisotopic (exact) mass is 349 g/mol. The van der Waals surface area contributed by atoms with Crippen LogP contribution in [0, 0.1) is 17.2 Å². The number of fused-ring (bicyclic) bond motifs is 1. The second-order valence-electron chi connectivity index (χ2n) is 6.91. The maximum absolute atomic E-state index is 12.5. The van der Waals surface area contributed by atoms with Crippen molar-refractivity contribution in [1.29, 1.82) is 5.26 Å². The number of hydrogen-bond acceptors (Lipinski definition) is 5. The molecule has 1 aromatic rings. The van der Waals surface area contributed by atoms with Crippen molar-refractivity contribution in [2.45, 2.75) is 43.4 Å². The SMILES string of the molecule is CC(C)[C@H]1CN2C[C@H](NS(=O)(=O)c3ccc(C#N)cc3)C[C@H]2CO1. The van der Waals surface area contributed by atoms with Crippen LogP contribution < -0.4 is 4.72 Å². The predicted octanol–water partition coefficient (Wildman–Crippen LogP) is 1.33. The van der Waals surface area contributed by atoms with Crippen molar-refractivity contribution < 1.29 is 13.2 Å². The minimum atomic E-state index is -3.57. The number of sulfonamides is 1. The molecule has 0 aliphatic carbocycles. The number of hydrogen-bond donors (Lipinski definition) is 1. The number of rotatable bonds is 4. The molecule has 24 heavy (non-hydrogen) atoms. The van der Waals surface area contributed by atoms with Gasteiger partial charge in [-0.2, -0.15) is 5.26 Å². The average molecular weight is 349 g/mol. The quantitative estimate of drug-likeness (QED) is 0.887. The van der Waals surface area contributed by atoms with E-state index < -0.39 is 10.0 Å². The van der Waals surface area contributed by atoms with Crippen molar-refractivity contribution in [2.24, 2.45) is 5.92 Å². The van der Waals surface area contributed by atoms with Gasteiger partial charge in [0.2, 0.25) is 10.0 Å². The molecule has 7 heteroatoms. The summed E-state index contributed by atoms with van der Waals surface area (Å²) in [6.07, 6.45) is 0.982. The number of ether oxygens (including phenoxy) is 1. The summed E-state index contributed by atoms with van der Waals surface area (Å²) in [5.74, 6) is 0.459. The van der Waals surface area contributed by atoms with Crippen LogP contribution in [0.3, 0.4) is 0 Å².